The number of likely N-dealkylation sites (tertiary alicyclic amines) is 1. The Labute approximate surface area is 160 Å². The first kappa shape index (κ1) is 18.1. The largest absolute Gasteiger partial charge is 0.462 e. The van der Waals surface area contributed by atoms with Gasteiger partial charge in [0.1, 0.15) is 0 Å². The van der Waals surface area contributed by atoms with E-state index >= 15 is 0 Å². The zero-order chi connectivity index (χ0) is 19.4. The Kier molecular flexibility index (Phi) is 4.09. The third-order valence-corrected chi connectivity index (χ3v) is 7.07. The maximum absolute atomic E-state index is 13.3. The third-order valence-electron chi connectivity index (χ3n) is 7.07. The maximum atomic E-state index is 13.3. The Bertz CT molecular complexity index is 913. The minimum absolute atomic E-state index is 0.0932. The van der Waals surface area contributed by atoms with E-state index in [1.54, 1.807) is 13.1 Å². The van der Waals surface area contributed by atoms with Gasteiger partial charge in [0, 0.05) is 35.2 Å². The maximum Gasteiger partial charge on any atom is 0.340 e. The van der Waals surface area contributed by atoms with Gasteiger partial charge in [-0.05, 0) is 49.1 Å². The van der Waals surface area contributed by atoms with E-state index in [1.165, 1.54) is 0 Å². The lowest BCUT2D eigenvalue weighted by Gasteiger charge is -2.44. The number of aromatic amines is 1. The number of H-pyrrole nitrogens is 1. The van der Waals surface area contributed by atoms with Crippen LogP contribution >= 0.6 is 0 Å². The summed E-state index contributed by atoms with van der Waals surface area (Å²) in [4.78, 5) is 30.5. The number of esters is 1. The molecule has 2 atom stereocenters. The van der Waals surface area contributed by atoms with E-state index in [9.17, 15) is 9.59 Å². The average Bonchev–Trinajstić information content (AvgIpc) is 3.18. The van der Waals surface area contributed by atoms with Gasteiger partial charge in [-0.3, -0.25) is 4.79 Å². The van der Waals surface area contributed by atoms with Gasteiger partial charge in [-0.15, -0.1) is 0 Å². The second-order valence-electron chi connectivity index (χ2n) is 8.96. The molecular weight excluding hydrogens is 340 g/mol. The average molecular weight is 368 g/mol. The minimum atomic E-state index is -0.341. The summed E-state index contributed by atoms with van der Waals surface area (Å²) in [6.45, 7) is 9.94. The van der Waals surface area contributed by atoms with Gasteiger partial charge in [-0.25, -0.2) is 4.79 Å². The van der Waals surface area contributed by atoms with Crippen LogP contribution in [0.25, 0.3) is 10.9 Å². The molecule has 1 N–H and O–H groups in total. The second kappa shape index (κ2) is 6.11. The number of nitrogens with one attached hydrogen (secondary N) is 1. The number of carbonyl (C=O) groups is 2. The lowest BCUT2D eigenvalue weighted by molar-refractivity contribution is 0.0528. The smallest absolute Gasteiger partial charge is 0.340 e. The zero-order valence-electron chi connectivity index (χ0n) is 16.6. The molecule has 144 valence electrons. The number of hydrogen-bond donors (Lipinski definition) is 1. The molecule has 1 amide bonds. The van der Waals surface area contributed by atoms with Crippen LogP contribution in [0.3, 0.4) is 0 Å². The molecule has 1 aromatic heterocycles. The predicted octanol–water partition coefficient (Wildman–Crippen LogP) is 4.39. The summed E-state index contributed by atoms with van der Waals surface area (Å²) in [7, 11) is 0. The molecule has 1 aliphatic heterocycles. The first-order valence-electron chi connectivity index (χ1n) is 9.85. The molecule has 2 fully saturated rings. The van der Waals surface area contributed by atoms with Gasteiger partial charge in [0.25, 0.3) is 5.91 Å². The Hall–Kier alpha value is -2.30. The van der Waals surface area contributed by atoms with Gasteiger partial charge in [-0.2, -0.15) is 0 Å². The summed E-state index contributed by atoms with van der Waals surface area (Å²) in [6.07, 6.45) is 4.98. The van der Waals surface area contributed by atoms with E-state index in [0.29, 0.717) is 23.8 Å². The summed E-state index contributed by atoms with van der Waals surface area (Å²) in [6, 6.07) is 5.87. The Morgan fingerprint density at radius 2 is 2.07 bits per heavy atom. The van der Waals surface area contributed by atoms with E-state index in [4.69, 9.17) is 4.74 Å². The van der Waals surface area contributed by atoms with E-state index in [1.807, 2.05) is 18.2 Å². The monoisotopic (exact) mass is 368 g/mol. The molecule has 0 spiro atoms. The molecule has 2 aliphatic rings. The van der Waals surface area contributed by atoms with E-state index in [0.717, 1.165) is 36.7 Å². The second-order valence-corrected chi connectivity index (χ2v) is 8.96. The van der Waals surface area contributed by atoms with Crippen LogP contribution in [-0.2, 0) is 4.74 Å². The Morgan fingerprint density at radius 3 is 2.78 bits per heavy atom. The number of ether oxygens (including phenoxy) is 1. The van der Waals surface area contributed by atoms with Crippen molar-refractivity contribution in [1.29, 1.82) is 0 Å². The molecule has 4 rings (SSSR count). The van der Waals surface area contributed by atoms with Crippen LogP contribution in [0.1, 0.15) is 67.7 Å². The lowest BCUT2D eigenvalue weighted by atomic mass is 9.60. The van der Waals surface area contributed by atoms with Gasteiger partial charge < -0.3 is 14.6 Å². The lowest BCUT2D eigenvalue weighted by Crippen LogP contribution is -2.38. The van der Waals surface area contributed by atoms with Crippen molar-refractivity contribution in [3.05, 3.63) is 35.5 Å². The normalized spacial score (nSPS) is 26.4. The van der Waals surface area contributed by atoms with Crippen LogP contribution in [0.4, 0.5) is 0 Å². The van der Waals surface area contributed by atoms with Crippen molar-refractivity contribution in [3.63, 3.8) is 0 Å². The van der Waals surface area contributed by atoms with Crippen molar-refractivity contribution in [1.82, 2.24) is 9.88 Å². The Morgan fingerprint density at radius 1 is 1.30 bits per heavy atom. The molecule has 1 saturated carbocycles. The first-order valence-corrected chi connectivity index (χ1v) is 9.85. The SMILES string of the molecule is CCOC(=O)c1c[nH]c2cc(C(=O)N3CC4(C)CC3CCC4(C)C)ccc12. The zero-order valence-corrected chi connectivity index (χ0v) is 16.6. The topological polar surface area (TPSA) is 62.4 Å². The molecule has 2 unspecified atom stereocenters. The molecule has 5 nitrogen and oxygen atoms in total. The molecule has 2 heterocycles. The fourth-order valence-electron chi connectivity index (χ4n) is 4.82. The van der Waals surface area contributed by atoms with E-state index in [2.05, 4.69) is 30.7 Å². The molecule has 0 radical (unpaired) electrons. The van der Waals surface area contributed by atoms with E-state index in [-0.39, 0.29) is 22.7 Å². The van der Waals surface area contributed by atoms with Crippen LogP contribution < -0.4 is 0 Å². The highest BCUT2D eigenvalue weighted by Crippen LogP contribution is 2.55. The highest BCUT2D eigenvalue weighted by atomic mass is 16.5. The molecule has 2 bridgehead atoms. The van der Waals surface area contributed by atoms with Gasteiger partial charge in [-0.1, -0.05) is 26.8 Å². The number of benzene rings is 1. The minimum Gasteiger partial charge on any atom is -0.462 e. The summed E-state index contributed by atoms with van der Waals surface area (Å²) in [5.41, 5.74) is 2.42. The quantitative estimate of drug-likeness (QED) is 0.818. The van der Waals surface area contributed by atoms with Crippen LogP contribution in [0.2, 0.25) is 0 Å². The number of aromatic nitrogens is 1. The highest BCUT2D eigenvalue weighted by molar-refractivity contribution is 6.06. The van der Waals surface area contributed by atoms with Crippen molar-refractivity contribution in [3.8, 4) is 0 Å². The predicted molar refractivity (Wildman–Crippen MR) is 105 cm³/mol. The third kappa shape index (κ3) is 2.75. The van der Waals surface area contributed by atoms with Crippen molar-refractivity contribution >= 4 is 22.8 Å². The van der Waals surface area contributed by atoms with Crippen molar-refractivity contribution < 1.29 is 14.3 Å². The number of carbonyl (C=O) groups excluding carboxylic acids is 2. The molecule has 1 aromatic carbocycles. The number of amides is 1. The molecule has 27 heavy (non-hydrogen) atoms. The molecular formula is C22H28N2O3. The van der Waals surface area contributed by atoms with Gasteiger partial charge in [0.05, 0.1) is 12.2 Å². The highest BCUT2D eigenvalue weighted by Gasteiger charge is 2.54. The number of hydrogen-bond acceptors (Lipinski definition) is 3. The molecule has 1 saturated heterocycles. The molecule has 5 heteroatoms. The first-order chi connectivity index (χ1) is 12.8. The van der Waals surface area contributed by atoms with Gasteiger partial charge in [0.2, 0.25) is 0 Å². The summed E-state index contributed by atoms with van der Waals surface area (Å²) in [5.74, 6) is -0.248. The Balaban J connectivity index is 1.62. The number of nitrogens with zero attached hydrogens (tertiary/aromatic N) is 1. The van der Waals surface area contributed by atoms with Crippen LogP contribution in [0, 0.1) is 10.8 Å². The standard InChI is InChI=1S/C22H28N2O3/c1-5-27-20(26)17-12-23-18-10-14(6-7-16(17)18)19(25)24-13-22(4)11-15(24)8-9-21(22,2)3/h6-7,10,12,15,23H,5,8-9,11,13H2,1-4H3. The van der Waals surface area contributed by atoms with Crippen LogP contribution in [0.5, 0.6) is 0 Å². The van der Waals surface area contributed by atoms with Crippen molar-refractivity contribution in [2.24, 2.45) is 10.8 Å². The van der Waals surface area contributed by atoms with Crippen LogP contribution in [-0.4, -0.2) is 41.0 Å². The van der Waals surface area contributed by atoms with Crippen molar-refractivity contribution in [2.75, 3.05) is 13.2 Å². The van der Waals surface area contributed by atoms with E-state index < -0.39 is 0 Å². The fourth-order valence-corrected chi connectivity index (χ4v) is 4.82. The fraction of sp³-hybridized carbons (Fsp3) is 0.545. The summed E-state index contributed by atoms with van der Waals surface area (Å²) >= 11 is 0. The molecule has 1 aliphatic carbocycles. The molecule has 2 aromatic rings. The van der Waals surface area contributed by atoms with Gasteiger partial charge in [0.15, 0.2) is 0 Å². The summed E-state index contributed by atoms with van der Waals surface area (Å²) in [5, 5.41) is 0.790. The van der Waals surface area contributed by atoms with Gasteiger partial charge >= 0.3 is 5.97 Å². The number of rotatable bonds is 3. The number of fused-ring (bicyclic) bond motifs is 3. The summed E-state index contributed by atoms with van der Waals surface area (Å²) < 4.78 is 5.10. The van der Waals surface area contributed by atoms with Crippen LogP contribution in [0.15, 0.2) is 24.4 Å². The van der Waals surface area contributed by atoms with Crippen molar-refractivity contribution in [2.45, 2.75) is 53.0 Å².